The molecule has 0 atom stereocenters. The minimum absolute atomic E-state index is 0.155. The summed E-state index contributed by atoms with van der Waals surface area (Å²) >= 11 is 0. The summed E-state index contributed by atoms with van der Waals surface area (Å²) in [5, 5.41) is 16.7. The van der Waals surface area contributed by atoms with E-state index in [4.69, 9.17) is 5.73 Å². The highest BCUT2D eigenvalue weighted by Crippen LogP contribution is 2.21. The number of halogens is 1. The second-order valence-corrected chi connectivity index (χ2v) is 7.01. The summed E-state index contributed by atoms with van der Waals surface area (Å²) in [6.45, 7) is 0.433. The number of amides is 1. The van der Waals surface area contributed by atoms with Crippen LogP contribution in [0.5, 0.6) is 0 Å². The van der Waals surface area contributed by atoms with E-state index in [1.54, 1.807) is 24.3 Å². The zero-order valence-electron chi connectivity index (χ0n) is 16.9. The van der Waals surface area contributed by atoms with E-state index in [-0.39, 0.29) is 17.5 Å². The molecular formula is C22H23FN6O. The third-order valence-electron chi connectivity index (χ3n) is 4.70. The Balaban J connectivity index is 1.60. The summed E-state index contributed by atoms with van der Waals surface area (Å²) < 4.78 is 14.6. The molecule has 1 aromatic heterocycles. The van der Waals surface area contributed by atoms with Crippen LogP contribution in [0.3, 0.4) is 0 Å². The molecule has 2 aromatic carbocycles. The van der Waals surface area contributed by atoms with Gasteiger partial charge in [0.2, 0.25) is 0 Å². The largest absolute Gasteiger partial charge is 0.382 e. The molecule has 30 heavy (non-hydrogen) atoms. The molecule has 1 amide bonds. The number of benzene rings is 2. The second kappa shape index (κ2) is 9.09. The van der Waals surface area contributed by atoms with E-state index in [1.165, 1.54) is 16.8 Å². The average molecular weight is 406 g/mol. The van der Waals surface area contributed by atoms with E-state index in [0.29, 0.717) is 41.9 Å². The fourth-order valence-corrected chi connectivity index (χ4v) is 3.02. The fraction of sp³-hybridized carbons (Fsp3) is 0.227. The first kappa shape index (κ1) is 20.9. The highest BCUT2D eigenvalue weighted by molar-refractivity contribution is 5.94. The number of nitrogens with two attached hydrogens (primary N) is 1. The third kappa shape index (κ3) is 4.58. The number of nitrogen functional groups attached to an aromatic ring is 1. The molecule has 0 aliphatic carbocycles. The Kier molecular flexibility index (Phi) is 6.32. The molecule has 8 heteroatoms. The lowest BCUT2D eigenvalue weighted by atomic mass is 10.1. The van der Waals surface area contributed by atoms with Crippen molar-refractivity contribution in [3.05, 3.63) is 71.2 Å². The van der Waals surface area contributed by atoms with Crippen molar-refractivity contribution in [3.8, 4) is 11.8 Å². The molecule has 0 aliphatic rings. The lowest BCUT2D eigenvalue weighted by molar-refractivity contribution is 0.0953. The van der Waals surface area contributed by atoms with Crippen molar-refractivity contribution in [2.24, 2.45) is 0 Å². The number of anilines is 2. The molecule has 3 aromatic rings. The first-order chi connectivity index (χ1) is 14.4. The van der Waals surface area contributed by atoms with E-state index in [9.17, 15) is 14.4 Å². The summed E-state index contributed by atoms with van der Waals surface area (Å²) in [4.78, 5) is 14.2. The zero-order valence-corrected chi connectivity index (χ0v) is 16.9. The van der Waals surface area contributed by atoms with Gasteiger partial charge in [-0.25, -0.2) is 9.07 Å². The molecule has 0 spiro atoms. The van der Waals surface area contributed by atoms with Crippen LogP contribution < -0.4 is 16.0 Å². The quantitative estimate of drug-likeness (QED) is 0.588. The van der Waals surface area contributed by atoms with Crippen molar-refractivity contribution < 1.29 is 9.18 Å². The van der Waals surface area contributed by atoms with Gasteiger partial charge in [0.05, 0.1) is 11.4 Å². The number of aryl methyl sites for hydroxylation is 1. The Bertz CT molecular complexity index is 1060. The smallest absolute Gasteiger partial charge is 0.251 e. The van der Waals surface area contributed by atoms with Gasteiger partial charge in [-0.2, -0.15) is 10.4 Å². The van der Waals surface area contributed by atoms with Crippen molar-refractivity contribution in [1.29, 1.82) is 5.26 Å². The molecule has 0 unspecified atom stereocenters. The van der Waals surface area contributed by atoms with Crippen LogP contribution in [0.25, 0.3) is 5.69 Å². The number of nitrogens with one attached hydrogen (secondary N) is 1. The molecule has 0 saturated carbocycles. The van der Waals surface area contributed by atoms with Gasteiger partial charge in [-0.05, 0) is 61.4 Å². The van der Waals surface area contributed by atoms with Crippen LogP contribution in [0, 0.1) is 17.1 Å². The van der Waals surface area contributed by atoms with Gasteiger partial charge in [-0.15, -0.1) is 0 Å². The number of rotatable bonds is 7. The van der Waals surface area contributed by atoms with Gasteiger partial charge in [0, 0.05) is 31.9 Å². The maximum atomic E-state index is 13.2. The molecule has 0 saturated heterocycles. The Morgan fingerprint density at radius 3 is 2.47 bits per heavy atom. The van der Waals surface area contributed by atoms with Gasteiger partial charge in [-0.3, -0.25) is 4.79 Å². The summed E-state index contributed by atoms with van der Waals surface area (Å²) in [7, 11) is 3.88. The molecule has 0 aliphatic heterocycles. The van der Waals surface area contributed by atoms with E-state index in [0.717, 1.165) is 5.69 Å². The number of carbonyl (C=O) groups is 1. The van der Waals surface area contributed by atoms with Gasteiger partial charge >= 0.3 is 0 Å². The van der Waals surface area contributed by atoms with Crippen LogP contribution in [0.2, 0.25) is 0 Å². The van der Waals surface area contributed by atoms with Crippen molar-refractivity contribution in [2.45, 2.75) is 12.8 Å². The molecule has 3 N–H and O–H groups in total. The first-order valence-electron chi connectivity index (χ1n) is 9.49. The Hall–Kier alpha value is -3.86. The maximum Gasteiger partial charge on any atom is 0.251 e. The Morgan fingerprint density at radius 1 is 1.20 bits per heavy atom. The number of nitriles is 1. The van der Waals surface area contributed by atoms with Crippen molar-refractivity contribution in [3.63, 3.8) is 0 Å². The SMILES string of the molecule is CN(C)c1ccc(C(=O)NCCCc2nn(-c3ccc(F)cc3)c(N)c2C#N)cc1. The second-order valence-electron chi connectivity index (χ2n) is 7.01. The monoisotopic (exact) mass is 406 g/mol. The van der Waals surface area contributed by atoms with Crippen LogP contribution in [0.1, 0.15) is 28.0 Å². The highest BCUT2D eigenvalue weighted by atomic mass is 19.1. The minimum Gasteiger partial charge on any atom is -0.382 e. The van der Waals surface area contributed by atoms with Crippen LogP contribution in [0.4, 0.5) is 15.9 Å². The Morgan fingerprint density at radius 2 is 1.87 bits per heavy atom. The number of aromatic nitrogens is 2. The fourth-order valence-electron chi connectivity index (χ4n) is 3.02. The Labute approximate surface area is 174 Å². The highest BCUT2D eigenvalue weighted by Gasteiger charge is 2.16. The lowest BCUT2D eigenvalue weighted by Gasteiger charge is -2.12. The predicted octanol–water partition coefficient (Wildman–Crippen LogP) is 2.89. The third-order valence-corrected chi connectivity index (χ3v) is 4.70. The summed E-state index contributed by atoms with van der Waals surface area (Å²) in [6.07, 6.45) is 1.07. The number of hydrogen-bond acceptors (Lipinski definition) is 5. The summed E-state index contributed by atoms with van der Waals surface area (Å²) in [5.74, 6) is -0.307. The summed E-state index contributed by atoms with van der Waals surface area (Å²) in [6, 6.07) is 15.1. The molecule has 7 nitrogen and oxygen atoms in total. The van der Waals surface area contributed by atoms with Crippen LogP contribution in [0.15, 0.2) is 48.5 Å². The lowest BCUT2D eigenvalue weighted by Crippen LogP contribution is -2.24. The van der Waals surface area contributed by atoms with E-state index in [2.05, 4.69) is 16.5 Å². The van der Waals surface area contributed by atoms with Crippen LogP contribution in [-0.2, 0) is 6.42 Å². The van der Waals surface area contributed by atoms with Gasteiger partial charge < -0.3 is 16.0 Å². The van der Waals surface area contributed by atoms with E-state index >= 15 is 0 Å². The van der Waals surface area contributed by atoms with E-state index in [1.807, 2.05) is 31.1 Å². The molecule has 0 fully saturated rings. The average Bonchev–Trinajstić information content (AvgIpc) is 3.06. The normalized spacial score (nSPS) is 10.5. The first-order valence-corrected chi connectivity index (χ1v) is 9.49. The predicted molar refractivity (Wildman–Crippen MR) is 114 cm³/mol. The molecule has 3 rings (SSSR count). The molecule has 1 heterocycles. The topological polar surface area (TPSA) is 100.0 Å². The number of hydrogen-bond donors (Lipinski definition) is 2. The van der Waals surface area contributed by atoms with Crippen molar-refractivity contribution >= 4 is 17.4 Å². The standard InChI is InChI=1S/C22H23FN6O/c1-28(2)17-9-5-15(6-10-17)22(30)26-13-3-4-20-19(14-24)21(25)29(27-20)18-11-7-16(23)8-12-18/h5-12H,3-4,13,25H2,1-2H3,(H,26,30). The molecule has 0 bridgehead atoms. The number of carbonyl (C=O) groups excluding carboxylic acids is 1. The van der Waals surface area contributed by atoms with Gasteiger partial charge in [0.15, 0.2) is 0 Å². The zero-order chi connectivity index (χ0) is 21.7. The van der Waals surface area contributed by atoms with Crippen LogP contribution >= 0.6 is 0 Å². The molecule has 154 valence electrons. The maximum absolute atomic E-state index is 13.2. The number of nitrogens with zero attached hydrogens (tertiary/aromatic N) is 4. The van der Waals surface area contributed by atoms with Crippen molar-refractivity contribution in [2.75, 3.05) is 31.3 Å². The van der Waals surface area contributed by atoms with Gasteiger partial charge in [-0.1, -0.05) is 0 Å². The van der Waals surface area contributed by atoms with Crippen LogP contribution in [-0.4, -0.2) is 36.3 Å². The van der Waals surface area contributed by atoms with Gasteiger partial charge in [0.1, 0.15) is 23.3 Å². The van der Waals surface area contributed by atoms with E-state index < -0.39 is 0 Å². The summed E-state index contributed by atoms with van der Waals surface area (Å²) in [5.41, 5.74) is 9.08. The van der Waals surface area contributed by atoms with Gasteiger partial charge in [0.25, 0.3) is 5.91 Å². The van der Waals surface area contributed by atoms with Crippen molar-refractivity contribution in [1.82, 2.24) is 15.1 Å². The molecule has 0 radical (unpaired) electrons. The molecular weight excluding hydrogens is 383 g/mol. The minimum atomic E-state index is -0.364.